The van der Waals surface area contributed by atoms with Crippen molar-refractivity contribution in [2.24, 2.45) is 16.5 Å². The Balaban J connectivity index is 2.11. The molecule has 0 atom stereocenters. The summed E-state index contributed by atoms with van der Waals surface area (Å²) in [5.41, 5.74) is 14.3. The van der Waals surface area contributed by atoms with Crippen LogP contribution in [0.5, 0.6) is 5.75 Å². The van der Waals surface area contributed by atoms with Gasteiger partial charge >= 0.3 is 0 Å². The molecule has 140 valence electrons. The summed E-state index contributed by atoms with van der Waals surface area (Å²) in [6, 6.07) is 13.2. The summed E-state index contributed by atoms with van der Waals surface area (Å²) in [6.45, 7) is 1.84. The lowest BCUT2D eigenvalue weighted by Crippen LogP contribution is -2.24. The number of carbonyl (C=O) groups is 1. The number of aromatic nitrogens is 3. The van der Waals surface area contributed by atoms with Gasteiger partial charge in [-0.25, -0.2) is 0 Å². The molecule has 0 bridgehead atoms. The molecule has 8 heteroatoms. The minimum absolute atomic E-state index is 0.288. The molecule has 4 rings (SSSR count). The standard InChI is InChI=1S/C20H18N6O2/c1-11-18(19(27)24-20(21)22)14-9-12(28-2)7-8-16(14)26(11)17-10-23-25-15-6-4-3-5-13(15)17/h3-10H,1-2H3,(H4,21,22,24,27). The highest BCUT2D eigenvalue weighted by Gasteiger charge is 2.22. The summed E-state index contributed by atoms with van der Waals surface area (Å²) < 4.78 is 7.29. The van der Waals surface area contributed by atoms with Gasteiger partial charge in [0.2, 0.25) is 0 Å². The summed E-state index contributed by atoms with van der Waals surface area (Å²) in [5, 5.41) is 9.90. The zero-order chi connectivity index (χ0) is 19.8. The van der Waals surface area contributed by atoms with Crippen molar-refractivity contribution in [1.82, 2.24) is 14.8 Å². The van der Waals surface area contributed by atoms with Gasteiger partial charge in [-0.3, -0.25) is 4.79 Å². The molecule has 0 radical (unpaired) electrons. The fourth-order valence-corrected chi connectivity index (χ4v) is 3.45. The Morgan fingerprint density at radius 1 is 1.14 bits per heavy atom. The number of ether oxygens (including phenoxy) is 1. The lowest BCUT2D eigenvalue weighted by atomic mass is 10.1. The molecule has 4 aromatic rings. The first-order valence-electron chi connectivity index (χ1n) is 8.55. The number of hydrogen-bond acceptors (Lipinski definition) is 4. The molecular weight excluding hydrogens is 356 g/mol. The van der Waals surface area contributed by atoms with Gasteiger partial charge in [0, 0.05) is 16.5 Å². The molecule has 4 N–H and O–H groups in total. The van der Waals surface area contributed by atoms with Crippen molar-refractivity contribution >= 4 is 33.7 Å². The number of nitrogens with two attached hydrogens (primary N) is 2. The quantitative estimate of drug-likeness (QED) is 0.419. The van der Waals surface area contributed by atoms with Crippen LogP contribution in [0.25, 0.3) is 27.5 Å². The molecule has 1 amide bonds. The third-order valence-corrected chi connectivity index (χ3v) is 4.62. The number of methoxy groups -OCH3 is 1. The van der Waals surface area contributed by atoms with Crippen molar-refractivity contribution in [2.75, 3.05) is 7.11 Å². The fourth-order valence-electron chi connectivity index (χ4n) is 3.45. The van der Waals surface area contributed by atoms with E-state index in [1.807, 2.05) is 47.9 Å². The molecule has 0 aliphatic carbocycles. The van der Waals surface area contributed by atoms with E-state index in [9.17, 15) is 4.79 Å². The third kappa shape index (κ3) is 2.71. The topological polar surface area (TPSA) is 121 Å². The molecule has 0 saturated heterocycles. The average Bonchev–Trinajstić information content (AvgIpc) is 2.97. The SMILES string of the molecule is COc1ccc2c(c1)c(C(=O)N=C(N)N)c(C)n2-c1cnnc2ccccc12. The Hall–Kier alpha value is -3.94. The maximum absolute atomic E-state index is 12.8. The van der Waals surface area contributed by atoms with Crippen LogP contribution >= 0.6 is 0 Å². The van der Waals surface area contributed by atoms with Crippen LogP contribution in [0.1, 0.15) is 16.1 Å². The number of aliphatic imine (C=N–C) groups is 1. The van der Waals surface area contributed by atoms with Crippen molar-refractivity contribution in [2.45, 2.75) is 6.92 Å². The number of nitrogens with zero attached hydrogens (tertiary/aromatic N) is 4. The second-order valence-electron chi connectivity index (χ2n) is 6.27. The van der Waals surface area contributed by atoms with Gasteiger partial charge in [-0.05, 0) is 31.2 Å². The van der Waals surface area contributed by atoms with Gasteiger partial charge in [-0.15, -0.1) is 0 Å². The van der Waals surface area contributed by atoms with Gasteiger partial charge in [0.25, 0.3) is 5.91 Å². The number of benzene rings is 2. The Bertz CT molecular complexity index is 1250. The van der Waals surface area contributed by atoms with Crippen LogP contribution in [0.3, 0.4) is 0 Å². The van der Waals surface area contributed by atoms with Crippen LogP contribution in [0, 0.1) is 6.92 Å². The Morgan fingerprint density at radius 2 is 1.93 bits per heavy atom. The van der Waals surface area contributed by atoms with Crippen molar-refractivity contribution in [1.29, 1.82) is 0 Å². The lowest BCUT2D eigenvalue weighted by molar-refractivity contribution is 0.100. The van der Waals surface area contributed by atoms with E-state index >= 15 is 0 Å². The molecule has 0 aliphatic heterocycles. The van der Waals surface area contributed by atoms with Gasteiger partial charge in [0.1, 0.15) is 5.75 Å². The van der Waals surface area contributed by atoms with E-state index in [1.165, 1.54) is 0 Å². The summed E-state index contributed by atoms with van der Waals surface area (Å²) in [5.74, 6) is -0.175. The molecule has 2 aromatic carbocycles. The highest BCUT2D eigenvalue weighted by atomic mass is 16.5. The van der Waals surface area contributed by atoms with E-state index in [4.69, 9.17) is 16.2 Å². The number of carbonyl (C=O) groups excluding carboxylic acids is 1. The molecule has 28 heavy (non-hydrogen) atoms. The van der Waals surface area contributed by atoms with Gasteiger partial charge in [-0.1, -0.05) is 18.2 Å². The normalized spacial score (nSPS) is 10.9. The Morgan fingerprint density at radius 3 is 2.68 bits per heavy atom. The minimum atomic E-state index is -0.513. The maximum Gasteiger partial charge on any atom is 0.282 e. The second kappa shape index (κ2) is 6.66. The maximum atomic E-state index is 12.8. The average molecular weight is 374 g/mol. The van der Waals surface area contributed by atoms with Gasteiger partial charge in [0.15, 0.2) is 5.96 Å². The van der Waals surface area contributed by atoms with E-state index in [-0.39, 0.29) is 5.96 Å². The van der Waals surface area contributed by atoms with E-state index in [0.29, 0.717) is 22.4 Å². The zero-order valence-corrected chi connectivity index (χ0v) is 15.4. The molecule has 0 unspecified atom stereocenters. The molecule has 2 aromatic heterocycles. The summed E-state index contributed by atoms with van der Waals surface area (Å²) >= 11 is 0. The van der Waals surface area contributed by atoms with Crippen molar-refractivity contribution in [3.05, 3.63) is 59.9 Å². The van der Waals surface area contributed by atoms with Crippen LogP contribution in [0.2, 0.25) is 0 Å². The summed E-state index contributed by atoms with van der Waals surface area (Å²) in [6.07, 6.45) is 1.67. The molecule has 0 spiro atoms. The van der Waals surface area contributed by atoms with Crippen LogP contribution in [0.15, 0.2) is 53.7 Å². The van der Waals surface area contributed by atoms with E-state index in [0.717, 1.165) is 22.1 Å². The van der Waals surface area contributed by atoms with Crippen molar-refractivity contribution in [3.63, 3.8) is 0 Å². The van der Waals surface area contributed by atoms with Crippen LogP contribution < -0.4 is 16.2 Å². The monoisotopic (exact) mass is 374 g/mol. The third-order valence-electron chi connectivity index (χ3n) is 4.62. The molecule has 0 saturated carbocycles. The minimum Gasteiger partial charge on any atom is -0.497 e. The zero-order valence-electron chi connectivity index (χ0n) is 15.4. The Labute approximate surface area is 160 Å². The van der Waals surface area contributed by atoms with E-state index in [2.05, 4.69) is 15.2 Å². The van der Waals surface area contributed by atoms with E-state index < -0.39 is 5.91 Å². The number of amides is 1. The van der Waals surface area contributed by atoms with Crippen LogP contribution in [-0.2, 0) is 0 Å². The van der Waals surface area contributed by atoms with Crippen molar-refractivity contribution in [3.8, 4) is 11.4 Å². The second-order valence-corrected chi connectivity index (χ2v) is 6.27. The predicted molar refractivity (Wildman–Crippen MR) is 108 cm³/mol. The first-order chi connectivity index (χ1) is 13.5. The molecule has 0 fully saturated rings. The number of guanidine groups is 1. The molecular formula is C20H18N6O2. The highest BCUT2D eigenvalue weighted by molar-refractivity contribution is 6.12. The molecule has 0 aliphatic rings. The van der Waals surface area contributed by atoms with Gasteiger partial charge in [0.05, 0.1) is 35.6 Å². The van der Waals surface area contributed by atoms with Crippen LogP contribution in [0.4, 0.5) is 0 Å². The number of hydrogen-bond donors (Lipinski definition) is 2. The fraction of sp³-hybridized carbons (Fsp3) is 0.100. The molecule has 8 nitrogen and oxygen atoms in total. The highest BCUT2D eigenvalue weighted by Crippen LogP contribution is 2.34. The van der Waals surface area contributed by atoms with Crippen LogP contribution in [-0.4, -0.2) is 33.7 Å². The summed E-state index contributed by atoms with van der Waals surface area (Å²) in [4.78, 5) is 16.5. The largest absolute Gasteiger partial charge is 0.497 e. The van der Waals surface area contributed by atoms with E-state index in [1.54, 1.807) is 19.4 Å². The van der Waals surface area contributed by atoms with Gasteiger partial charge < -0.3 is 20.8 Å². The number of rotatable bonds is 3. The van der Waals surface area contributed by atoms with Crippen molar-refractivity contribution < 1.29 is 9.53 Å². The number of fused-ring (bicyclic) bond motifs is 2. The molecule has 2 heterocycles. The first-order valence-corrected chi connectivity index (χ1v) is 8.55. The van der Waals surface area contributed by atoms with Gasteiger partial charge in [-0.2, -0.15) is 15.2 Å². The lowest BCUT2D eigenvalue weighted by Gasteiger charge is -2.11. The smallest absolute Gasteiger partial charge is 0.282 e. The predicted octanol–water partition coefficient (Wildman–Crippen LogP) is 2.30. The Kier molecular flexibility index (Phi) is 4.15. The first kappa shape index (κ1) is 17.5. The summed E-state index contributed by atoms with van der Waals surface area (Å²) in [7, 11) is 1.57.